The van der Waals surface area contributed by atoms with Crippen molar-refractivity contribution in [1.82, 2.24) is 24.9 Å². The van der Waals surface area contributed by atoms with Crippen LogP contribution in [0.15, 0.2) is 17.4 Å². The highest BCUT2D eigenvalue weighted by Gasteiger charge is 2.35. The fourth-order valence-corrected chi connectivity index (χ4v) is 2.84. The summed E-state index contributed by atoms with van der Waals surface area (Å²) in [6.07, 6.45) is 3.88. The van der Waals surface area contributed by atoms with E-state index in [-0.39, 0.29) is 5.91 Å². The number of hydrogen-bond acceptors (Lipinski definition) is 4. The third-order valence-electron chi connectivity index (χ3n) is 4.57. The Bertz CT molecular complexity index is 585. The number of primary amides is 1. The van der Waals surface area contributed by atoms with Gasteiger partial charge >= 0.3 is 0 Å². The van der Waals surface area contributed by atoms with E-state index in [2.05, 4.69) is 25.2 Å². The summed E-state index contributed by atoms with van der Waals surface area (Å²) in [6, 6.07) is 0. The van der Waals surface area contributed by atoms with Gasteiger partial charge in [0.25, 0.3) is 0 Å². The molecule has 1 aliphatic heterocycles. The number of amides is 1. The molecule has 2 heterocycles. The first kappa shape index (κ1) is 18.3. The molecule has 1 amide bonds. The van der Waals surface area contributed by atoms with Gasteiger partial charge in [-0.2, -0.15) is 5.10 Å². The molecule has 0 bridgehead atoms. The van der Waals surface area contributed by atoms with Crippen LogP contribution in [0.25, 0.3) is 0 Å². The zero-order valence-electron chi connectivity index (χ0n) is 15.1. The van der Waals surface area contributed by atoms with E-state index in [9.17, 15) is 4.79 Å². The molecule has 1 aromatic rings. The number of aliphatic imine (C=N–C) groups is 1. The minimum absolute atomic E-state index is 0.284. The van der Waals surface area contributed by atoms with Gasteiger partial charge in [-0.15, -0.1) is 0 Å². The lowest BCUT2D eigenvalue weighted by atomic mass is 10.0. The molecule has 1 aromatic heterocycles. The van der Waals surface area contributed by atoms with Gasteiger partial charge in [0, 0.05) is 46.0 Å². The van der Waals surface area contributed by atoms with Crippen LogP contribution in [0.5, 0.6) is 0 Å². The Balaban J connectivity index is 1.82. The number of nitrogens with zero attached hydrogens (tertiary/aromatic N) is 5. The van der Waals surface area contributed by atoms with E-state index in [0.717, 1.165) is 50.8 Å². The molecule has 1 saturated heterocycles. The van der Waals surface area contributed by atoms with Crippen LogP contribution >= 0.6 is 0 Å². The lowest BCUT2D eigenvalue weighted by molar-refractivity contribution is -0.129. The van der Waals surface area contributed by atoms with E-state index >= 15 is 0 Å². The van der Waals surface area contributed by atoms with Gasteiger partial charge in [-0.3, -0.25) is 19.4 Å². The molecule has 134 valence electrons. The number of aryl methyl sites for hydroxylation is 1. The van der Waals surface area contributed by atoms with Crippen molar-refractivity contribution < 1.29 is 4.79 Å². The normalized spacial score (nSPS) is 17.2. The van der Waals surface area contributed by atoms with Crippen LogP contribution < -0.4 is 11.1 Å². The average Bonchev–Trinajstić information content (AvgIpc) is 2.97. The van der Waals surface area contributed by atoms with E-state index in [1.54, 1.807) is 7.05 Å². The van der Waals surface area contributed by atoms with Crippen molar-refractivity contribution in [2.45, 2.75) is 32.9 Å². The van der Waals surface area contributed by atoms with E-state index < -0.39 is 5.54 Å². The van der Waals surface area contributed by atoms with E-state index in [1.807, 2.05) is 37.8 Å². The first-order valence-electron chi connectivity index (χ1n) is 8.34. The fraction of sp³-hybridized carbons (Fsp3) is 0.688. The Hall–Kier alpha value is -2.09. The molecule has 3 N–H and O–H groups in total. The molecular formula is C16H29N7O. The van der Waals surface area contributed by atoms with E-state index in [1.165, 1.54) is 0 Å². The minimum atomic E-state index is -0.610. The SMILES string of the molecule is CN=C(NCCn1cc(C)cn1)N1CCN(C(C)(C)C(N)=O)CC1. The van der Waals surface area contributed by atoms with Crippen molar-refractivity contribution in [3.05, 3.63) is 18.0 Å². The standard InChI is InChI=1S/C16H29N7O/c1-13-11-20-23(12-13)6-5-19-15(18-4)21-7-9-22(10-8-21)16(2,3)14(17)24/h11-12H,5-10H2,1-4H3,(H2,17,24)(H,18,19). The number of piperazine rings is 1. The first-order valence-corrected chi connectivity index (χ1v) is 8.34. The van der Waals surface area contributed by atoms with Gasteiger partial charge < -0.3 is 16.0 Å². The van der Waals surface area contributed by atoms with Gasteiger partial charge in [-0.05, 0) is 26.3 Å². The molecule has 0 aromatic carbocycles. The van der Waals surface area contributed by atoms with Crippen LogP contribution in [-0.4, -0.2) is 76.8 Å². The summed E-state index contributed by atoms with van der Waals surface area (Å²) in [5, 5.41) is 7.66. The monoisotopic (exact) mass is 335 g/mol. The second kappa shape index (κ2) is 7.65. The molecule has 0 radical (unpaired) electrons. The molecule has 1 aliphatic rings. The Labute approximate surface area is 143 Å². The minimum Gasteiger partial charge on any atom is -0.368 e. The molecule has 0 atom stereocenters. The number of nitrogens with one attached hydrogen (secondary N) is 1. The van der Waals surface area contributed by atoms with Crippen LogP contribution in [0.3, 0.4) is 0 Å². The van der Waals surface area contributed by atoms with Gasteiger partial charge in [0.15, 0.2) is 5.96 Å². The zero-order valence-corrected chi connectivity index (χ0v) is 15.1. The van der Waals surface area contributed by atoms with Crippen molar-refractivity contribution >= 4 is 11.9 Å². The molecule has 24 heavy (non-hydrogen) atoms. The number of rotatable bonds is 5. The Morgan fingerprint density at radius 1 is 1.38 bits per heavy atom. The predicted octanol–water partition coefficient (Wildman–Crippen LogP) is -0.352. The molecule has 1 fully saturated rings. The summed E-state index contributed by atoms with van der Waals surface area (Å²) in [6.45, 7) is 10.6. The average molecular weight is 335 g/mol. The fourth-order valence-electron chi connectivity index (χ4n) is 2.84. The number of aromatic nitrogens is 2. The predicted molar refractivity (Wildman–Crippen MR) is 94.7 cm³/mol. The van der Waals surface area contributed by atoms with Crippen molar-refractivity contribution in [3.8, 4) is 0 Å². The van der Waals surface area contributed by atoms with Crippen LogP contribution in [-0.2, 0) is 11.3 Å². The van der Waals surface area contributed by atoms with E-state index in [0.29, 0.717) is 0 Å². The van der Waals surface area contributed by atoms with Crippen molar-refractivity contribution in [1.29, 1.82) is 0 Å². The highest BCUT2D eigenvalue weighted by molar-refractivity contribution is 5.84. The molecule has 0 aliphatic carbocycles. The van der Waals surface area contributed by atoms with Gasteiger partial charge in [0.05, 0.1) is 18.3 Å². The molecule has 2 rings (SSSR count). The summed E-state index contributed by atoms with van der Waals surface area (Å²) >= 11 is 0. The third-order valence-corrected chi connectivity index (χ3v) is 4.57. The molecular weight excluding hydrogens is 306 g/mol. The Kier molecular flexibility index (Phi) is 5.82. The summed E-state index contributed by atoms with van der Waals surface area (Å²) in [5.41, 5.74) is 6.06. The van der Waals surface area contributed by atoms with Gasteiger partial charge in [0.1, 0.15) is 0 Å². The zero-order chi connectivity index (χ0) is 17.7. The smallest absolute Gasteiger partial charge is 0.237 e. The number of carbonyl (C=O) groups excluding carboxylic acids is 1. The summed E-state index contributed by atoms with van der Waals surface area (Å²) in [7, 11) is 1.79. The van der Waals surface area contributed by atoms with Crippen molar-refractivity contribution in [2.75, 3.05) is 39.8 Å². The number of hydrogen-bond donors (Lipinski definition) is 2. The Morgan fingerprint density at radius 3 is 2.54 bits per heavy atom. The van der Waals surface area contributed by atoms with Gasteiger partial charge in [-0.1, -0.05) is 0 Å². The highest BCUT2D eigenvalue weighted by atomic mass is 16.1. The van der Waals surface area contributed by atoms with Crippen LogP contribution in [0, 0.1) is 6.92 Å². The molecule has 0 saturated carbocycles. The quantitative estimate of drug-likeness (QED) is 0.567. The number of nitrogens with two attached hydrogens (primary N) is 1. The molecule has 0 spiro atoms. The van der Waals surface area contributed by atoms with Crippen LogP contribution in [0.2, 0.25) is 0 Å². The highest BCUT2D eigenvalue weighted by Crippen LogP contribution is 2.16. The van der Waals surface area contributed by atoms with Crippen LogP contribution in [0.1, 0.15) is 19.4 Å². The van der Waals surface area contributed by atoms with Gasteiger partial charge in [0.2, 0.25) is 5.91 Å². The topological polar surface area (TPSA) is 91.8 Å². The lowest BCUT2D eigenvalue weighted by Gasteiger charge is -2.43. The second-order valence-corrected chi connectivity index (χ2v) is 6.65. The van der Waals surface area contributed by atoms with Crippen molar-refractivity contribution in [3.63, 3.8) is 0 Å². The largest absolute Gasteiger partial charge is 0.368 e. The molecule has 8 nitrogen and oxygen atoms in total. The Morgan fingerprint density at radius 2 is 2.04 bits per heavy atom. The summed E-state index contributed by atoms with van der Waals surface area (Å²) < 4.78 is 1.92. The maximum absolute atomic E-state index is 11.6. The maximum Gasteiger partial charge on any atom is 0.237 e. The van der Waals surface area contributed by atoms with E-state index in [4.69, 9.17) is 5.73 Å². The number of carbonyl (C=O) groups is 1. The maximum atomic E-state index is 11.6. The van der Waals surface area contributed by atoms with Crippen LogP contribution in [0.4, 0.5) is 0 Å². The van der Waals surface area contributed by atoms with Crippen molar-refractivity contribution in [2.24, 2.45) is 10.7 Å². The lowest BCUT2D eigenvalue weighted by Crippen LogP contribution is -2.61. The van der Waals surface area contributed by atoms with Gasteiger partial charge in [-0.25, -0.2) is 0 Å². The summed E-state index contributed by atoms with van der Waals surface area (Å²) in [4.78, 5) is 20.3. The molecule has 8 heteroatoms. The second-order valence-electron chi connectivity index (χ2n) is 6.65. The third kappa shape index (κ3) is 4.25. The summed E-state index contributed by atoms with van der Waals surface area (Å²) in [5.74, 6) is 0.600. The molecule has 0 unspecified atom stereocenters. The number of guanidine groups is 1. The first-order chi connectivity index (χ1) is 11.3.